The van der Waals surface area contributed by atoms with Crippen molar-refractivity contribution in [2.45, 2.75) is 45.6 Å². The minimum atomic E-state index is -0.101. The topological polar surface area (TPSA) is 61.4 Å². The van der Waals surface area contributed by atoms with Crippen LogP contribution in [0.3, 0.4) is 0 Å². The fourth-order valence-electron chi connectivity index (χ4n) is 3.37. The number of hydrogen-bond donors (Lipinski definition) is 2. The van der Waals surface area contributed by atoms with Crippen molar-refractivity contribution in [1.82, 2.24) is 10.6 Å². The van der Waals surface area contributed by atoms with Crippen LogP contribution in [-0.2, 0) is 0 Å². The first-order chi connectivity index (χ1) is 11.6. The number of rotatable bonds is 4. The van der Waals surface area contributed by atoms with Crippen molar-refractivity contribution < 1.29 is 9.59 Å². The third kappa shape index (κ3) is 3.45. The van der Waals surface area contributed by atoms with Crippen LogP contribution in [0, 0.1) is 6.92 Å². The molecule has 0 saturated carbocycles. The van der Waals surface area contributed by atoms with Crippen LogP contribution >= 0.6 is 0 Å². The maximum Gasteiger partial charge on any atom is 0.322 e. The minimum absolute atomic E-state index is 0.0534. The zero-order valence-electron chi connectivity index (χ0n) is 14.4. The molecule has 0 bridgehead atoms. The number of carbonyl (C=O) groups is 2. The summed E-state index contributed by atoms with van der Waals surface area (Å²) in [6.07, 6.45) is 6.86. The van der Waals surface area contributed by atoms with Gasteiger partial charge in [-0.2, -0.15) is 0 Å². The second-order valence-corrected chi connectivity index (χ2v) is 6.60. The Balaban J connectivity index is 1.75. The van der Waals surface area contributed by atoms with Crippen molar-refractivity contribution in [2.75, 3.05) is 18.0 Å². The molecule has 5 heteroatoms. The molecule has 1 heterocycles. The SMILES string of the molecule is Cc1ccc(C(=O)NC(C)C2=CCCCC2)cc1N1CCNC1=O. The average Bonchev–Trinajstić information content (AvgIpc) is 3.02. The summed E-state index contributed by atoms with van der Waals surface area (Å²) in [7, 11) is 0. The summed E-state index contributed by atoms with van der Waals surface area (Å²) in [6.45, 7) is 5.27. The summed E-state index contributed by atoms with van der Waals surface area (Å²) in [5.74, 6) is -0.0881. The van der Waals surface area contributed by atoms with E-state index in [9.17, 15) is 9.59 Å². The average molecular weight is 327 g/mol. The maximum atomic E-state index is 12.6. The third-order valence-electron chi connectivity index (χ3n) is 4.85. The van der Waals surface area contributed by atoms with Gasteiger partial charge in [0.25, 0.3) is 5.91 Å². The highest BCUT2D eigenvalue weighted by atomic mass is 16.2. The van der Waals surface area contributed by atoms with Crippen LogP contribution in [0.4, 0.5) is 10.5 Å². The van der Waals surface area contributed by atoms with E-state index < -0.39 is 0 Å². The Kier molecular flexibility index (Phi) is 4.88. The summed E-state index contributed by atoms with van der Waals surface area (Å²) < 4.78 is 0. The Morgan fingerprint density at radius 1 is 1.33 bits per heavy atom. The first-order valence-electron chi connectivity index (χ1n) is 8.72. The van der Waals surface area contributed by atoms with Crippen molar-refractivity contribution in [2.24, 2.45) is 0 Å². The van der Waals surface area contributed by atoms with E-state index in [2.05, 4.69) is 16.7 Å². The Bertz CT molecular complexity index is 681. The van der Waals surface area contributed by atoms with Crippen LogP contribution in [0.2, 0.25) is 0 Å². The molecule has 2 aliphatic rings. The summed E-state index contributed by atoms with van der Waals surface area (Å²) >= 11 is 0. The predicted octanol–water partition coefficient (Wildman–Crippen LogP) is 3.14. The lowest BCUT2D eigenvalue weighted by Gasteiger charge is -2.22. The molecule has 1 saturated heterocycles. The smallest absolute Gasteiger partial charge is 0.322 e. The van der Waals surface area contributed by atoms with Crippen LogP contribution < -0.4 is 15.5 Å². The lowest BCUT2D eigenvalue weighted by Crippen LogP contribution is -2.34. The number of hydrogen-bond acceptors (Lipinski definition) is 2. The van der Waals surface area contributed by atoms with E-state index >= 15 is 0 Å². The fourth-order valence-corrected chi connectivity index (χ4v) is 3.37. The number of urea groups is 1. The van der Waals surface area contributed by atoms with Crippen molar-refractivity contribution in [3.63, 3.8) is 0 Å². The number of carbonyl (C=O) groups excluding carboxylic acids is 2. The van der Waals surface area contributed by atoms with E-state index in [1.165, 1.54) is 18.4 Å². The molecule has 1 atom stereocenters. The number of benzene rings is 1. The van der Waals surface area contributed by atoms with Gasteiger partial charge >= 0.3 is 6.03 Å². The molecular weight excluding hydrogens is 302 g/mol. The van der Waals surface area contributed by atoms with Gasteiger partial charge in [0, 0.05) is 30.4 Å². The van der Waals surface area contributed by atoms with E-state index in [-0.39, 0.29) is 18.0 Å². The molecule has 1 aliphatic heterocycles. The summed E-state index contributed by atoms with van der Waals surface area (Å²) in [5.41, 5.74) is 3.72. The third-order valence-corrected chi connectivity index (χ3v) is 4.85. The summed E-state index contributed by atoms with van der Waals surface area (Å²) in [5, 5.41) is 5.89. The van der Waals surface area contributed by atoms with Gasteiger partial charge in [0.15, 0.2) is 0 Å². The molecule has 3 rings (SSSR count). The lowest BCUT2D eigenvalue weighted by atomic mass is 9.94. The van der Waals surface area contributed by atoms with Crippen molar-refractivity contribution in [3.05, 3.63) is 41.0 Å². The van der Waals surface area contributed by atoms with E-state index in [0.29, 0.717) is 18.7 Å². The molecule has 1 unspecified atom stereocenters. The lowest BCUT2D eigenvalue weighted by molar-refractivity contribution is 0.0944. The molecule has 3 amide bonds. The maximum absolute atomic E-state index is 12.6. The Labute approximate surface area is 143 Å². The second-order valence-electron chi connectivity index (χ2n) is 6.60. The van der Waals surface area contributed by atoms with E-state index in [0.717, 1.165) is 24.1 Å². The number of allylic oxidation sites excluding steroid dienone is 1. The van der Waals surface area contributed by atoms with Gasteiger partial charge in [-0.3, -0.25) is 9.69 Å². The molecule has 0 aromatic heterocycles. The van der Waals surface area contributed by atoms with Gasteiger partial charge in [-0.05, 0) is 57.2 Å². The quantitative estimate of drug-likeness (QED) is 0.835. The Hall–Kier alpha value is -2.30. The molecule has 0 radical (unpaired) electrons. The number of aryl methyl sites for hydroxylation is 1. The molecule has 2 N–H and O–H groups in total. The van der Waals surface area contributed by atoms with Gasteiger partial charge in [0.05, 0.1) is 0 Å². The highest BCUT2D eigenvalue weighted by molar-refractivity contribution is 5.99. The summed E-state index contributed by atoms with van der Waals surface area (Å²) in [6, 6.07) is 5.50. The first kappa shape index (κ1) is 16.6. The molecule has 1 aromatic rings. The van der Waals surface area contributed by atoms with Crippen LogP contribution in [0.1, 0.15) is 48.5 Å². The van der Waals surface area contributed by atoms with Crippen LogP contribution in [0.25, 0.3) is 0 Å². The standard InChI is InChI=1S/C19H25N3O2/c1-13-8-9-16(12-17(13)22-11-10-20-19(22)24)18(23)21-14(2)15-6-4-3-5-7-15/h6,8-9,12,14H,3-5,7,10-11H2,1-2H3,(H,20,24)(H,21,23). The molecule has 1 fully saturated rings. The van der Waals surface area contributed by atoms with E-state index in [1.807, 2.05) is 32.0 Å². The monoisotopic (exact) mass is 327 g/mol. The number of nitrogens with one attached hydrogen (secondary N) is 2. The zero-order chi connectivity index (χ0) is 17.1. The predicted molar refractivity (Wildman–Crippen MR) is 95.4 cm³/mol. The van der Waals surface area contributed by atoms with E-state index in [1.54, 1.807) is 4.90 Å². The molecule has 1 aromatic carbocycles. The highest BCUT2D eigenvalue weighted by Crippen LogP contribution is 2.24. The highest BCUT2D eigenvalue weighted by Gasteiger charge is 2.24. The summed E-state index contributed by atoms with van der Waals surface area (Å²) in [4.78, 5) is 26.2. The Morgan fingerprint density at radius 2 is 2.17 bits per heavy atom. The molecule has 5 nitrogen and oxygen atoms in total. The normalized spacial score (nSPS) is 18.8. The van der Waals surface area contributed by atoms with Crippen molar-refractivity contribution >= 4 is 17.6 Å². The van der Waals surface area contributed by atoms with Gasteiger partial charge in [-0.1, -0.05) is 17.7 Å². The van der Waals surface area contributed by atoms with Crippen molar-refractivity contribution in [1.29, 1.82) is 0 Å². The molecule has 0 spiro atoms. The van der Waals surface area contributed by atoms with Gasteiger partial charge in [0.2, 0.25) is 0 Å². The second kappa shape index (κ2) is 7.07. The van der Waals surface area contributed by atoms with Crippen LogP contribution in [0.15, 0.2) is 29.8 Å². The number of anilines is 1. The minimum Gasteiger partial charge on any atom is -0.346 e. The largest absolute Gasteiger partial charge is 0.346 e. The first-order valence-corrected chi connectivity index (χ1v) is 8.72. The number of amides is 3. The van der Waals surface area contributed by atoms with Crippen LogP contribution in [0.5, 0.6) is 0 Å². The number of nitrogens with zero attached hydrogens (tertiary/aromatic N) is 1. The Morgan fingerprint density at radius 3 is 2.83 bits per heavy atom. The molecule has 24 heavy (non-hydrogen) atoms. The van der Waals surface area contributed by atoms with Gasteiger partial charge in [0.1, 0.15) is 0 Å². The van der Waals surface area contributed by atoms with Crippen LogP contribution in [-0.4, -0.2) is 31.1 Å². The fraction of sp³-hybridized carbons (Fsp3) is 0.474. The molecule has 128 valence electrons. The molecular formula is C19H25N3O2. The zero-order valence-corrected chi connectivity index (χ0v) is 14.4. The van der Waals surface area contributed by atoms with Gasteiger partial charge in [-0.15, -0.1) is 0 Å². The van der Waals surface area contributed by atoms with Crippen molar-refractivity contribution in [3.8, 4) is 0 Å². The van der Waals surface area contributed by atoms with Gasteiger partial charge in [-0.25, -0.2) is 4.79 Å². The van der Waals surface area contributed by atoms with E-state index in [4.69, 9.17) is 0 Å². The van der Waals surface area contributed by atoms with Gasteiger partial charge < -0.3 is 10.6 Å². The molecule has 1 aliphatic carbocycles.